The first-order chi connectivity index (χ1) is 19.5. The molecule has 1 fully saturated rings. The molecule has 11 nitrogen and oxygen atoms in total. The highest BCUT2D eigenvalue weighted by Gasteiger charge is 2.29. The number of anilines is 2. The number of carbonyl (C=O) groups is 2. The summed E-state index contributed by atoms with van der Waals surface area (Å²) in [6.07, 6.45) is 2.72. The van der Waals surface area contributed by atoms with E-state index >= 15 is 0 Å². The normalized spacial score (nSPS) is 13.4. The number of rotatable bonds is 7. The van der Waals surface area contributed by atoms with Crippen molar-refractivity contribution in [1.82, 2.24) is 34.6 Å². The van der Waals surface area contributed by atoms with Gasteiger partial charge < -0.3 is 10.2 Å². The van der Waals surface area contributed by atoms with E-state index in [2.05, 4.69) is 30.4 Å². The van der Waals surface area contributed by atoms with Gasteiger partial charge in [-0.2, -0.15) is 5.10 Å². The quantitative estimate of drug-likeness (QED) is 0.335. The Morgan fingerprint density at radius 3 is 2.56 bits per heavy atom. The second-order valence-electron chi connectivity index (χ2n) is 9.33. The number of benzene rings is 1. The van der Waals surface area contributed by atoms with Crippen molar-refractivity contribution in [3.63, 3.8) is 0 Å². The Morgan fingerprint density at radius 2 is 1.88 bits per heavy atom. The van der Waals surface area contributed by atoms with Gasteiger partial charge in [0.05, 0.1) is 41.0 Å². The zero-order chi connectivity index (χ0) is 29.4. The Balaban J connectivity index is 1.33. The maximum absolute atomic E-state index is 14.8. The lowest BCUT2D eigenvalue weighted by Crippen LogP contribution is -2.30. The van der Waals surface area contributed by atoms with Crippen molar-refractivity contribution in [3.05, 3.63) is 76.0 Å². The Labute approximate surface area is 237 Å². The second-order valence-corrected chi connectivity index (χ2v) is 9.74. The van der Waals surface area contributed by atoms with Crippen molar-refractivity contribution in [1.29, 1.82) is 0 Å². The van der Waals surface area contributed by atoms with Crippen LogP contribution in [0, 0.1) is 19.7 Å². The van der Waals surface area contributed by atoms with Crippen molar-refractivity contribution in [2.75, 3.05) is 30.4 Å². The molecule has 5 rings (SSSR count). The Kier molecular flexibility index (Phi) is 7.58. The van der Waals surface area contributed by atoms with Crippen LogP contribution in [0.15, 0.2) is 36.9 Å². The molecule has 0 unspecified atom stereocenters. The summed E-state index contributed by atoms with van der Waals surface area (Å²) in [7, 11) is 1.71. The standard InChI is InChI=1S/C26H23ClF3N9O2/c1-13-15(8-32-25(34-13)39-7-6-37(3)26(39)41)11-38-12-16(9-33-38)35-24(40)22-14(2)31-10-19(36-22)20-17(23(29)30)4-5-18(27)21(20)28/h4-5,8-10,12,23H,6-7,11H2,1-3H3,(H,35,40). The van der Waals surface area contributed by atoms with E-state index < -0.39 is 29.3 Å². The van der Waals surface area contributed by atoms with E-state index in [4.69, 9.17) is 11.6 Å². The molecule has 0 bridgehead atoms. The third-order valence-corrected chi connectivity index (χ3v) is 6.83. The van der Waals surface area contributed by atoms with Crippen molar-refractivity contribution >= 4 is 35.2 Å². The van der Waals surface area contributed by atoms with Gasteiger partial charge in [0.15, 0.2) is 5.82 Å². The van der Waals surface area contributed by atoms with Gasteiger partial charge in [0.25, 0.3) is 12.3 Å². The molecule has 3 aromatic heterocycles. The summed E-state index contributed by atoms with van der Waals surface area (Å²) < 4.78 is 43.5. The van der Waals surface area contributed by atoms with Gasteiger partial charge >= 0.3 is 6.03 Å². The van der Waals surface area contributed by atoms with Crippen LogP contribution in [0.3, 0.4) is 0 Å². The average Bonchev–Trinajstić information content (AvgIpc) is 3.52. The van der Waals surface area contributed by atoms with Gasteiger partial charge in [0, 0.05) is 54.9 Å². The summed E-state index contributed by atoms with van der Waals surface area (Å²) in [5.41, 5.74) is 0.362. The predicted octanol–water partition coefficient (Wildman–Crippen LogP) is 4.65. The SMILES string of the molecule is Cc1nc(N2CCN(C)C2=O)ncc1Cn1cc(NC(=O)c2nc(-c3c(C(F)F)ccc(Cl)c3F)cnc2C)cn1. The van der Waals surface area contributed by atoms with E-state index in [1.54, 1.807) is 35.9 Å². The highest BCUT2D eigenvalue weighted by molar-refractivity contribution is 6.31. The molecule has 0 atom stereocenters. The van der Waals surface area contributed by atoms with E-state index in [-0.39, 0.29) is 34.7 Å². The number of aryl methyl sites for hydroxylation is 2. The molecule has 4 heterocycles. The van der Waals surface area contributed by atoms with Crippen molar-refractivity contribution in [2.45, 2.75) is 26.8 Å². The molecule has 3 amide bonds. The number of urea groups is 1. The minimum atomic E-state index is -3.00. The second kappa shape index (κ2) is 11.1. The van der Waals surface area contributed by atoms with Crippen molar-refractivity contribution < 1.29 is 22.8 Å². The van der Waals surface area contributed by atoms with Crippen LogP contribution in [0.4, 0.5) is 29.6 Å². The van der Waals surface area contributed by atoms with Gasteiger partial charge in [0.1, 0.15) is 5.69 Å². The molecule has 1 aliphatic rings. The smallest absolute Gasteiger partial charge is 0.326 e. The molecular formula is C26H23ClF3N9O2. The lowest BCUT2D eigenvalue weighted by molar-refractivity contribution is 0.102. The maximum Gasteiger partial charge on any atom is 0.326 e. The topological polar surface area (TPSA) is 122 Å². The van der Waals surface area contributed by atoms with Crippen LogP contribution >= 0.6 is 11.6 Å². The first-order valence-electron chi connectivity index (χ1n) is 12.3. The number of hydrogen-bond donors (Lipinski definition) is 1. The summed E-state index contributed by atoms with van der Waals surface area (Å²) in [4.78, 5) is 45.4. The number of likely N-dealkylation sites (N-methyl/N-ethyl adjacent to an activating group) is 1. The number of nitrogens with one attached hydrogen (secondary N) is 1. The minimum Gasteiger partial charge on any atom is -0.326 e. The van der Waals surface area contributed by atoms with Gasteiger partial charge in [-0.1, -0.05) is 17.7 Å². The van der Waals surface area contributed by atoms with Crippen LogP contribution in [-0.2, 0) is 6.54 Å². The summed E-state index contributed by atoms with van der Waals surface area (Å²) in [6, 6.07) is 1.87. The number of aromatic nitrogens is 6. The molecule has 1 N–H and O–H groups in total. The van der Waals surface area contributed by atoms with Crippen LogP contribution in [0.1, 0.15) is 39.4 Å². The third-order valence-electron chi connectivity index (χ3n) is 6.54. The molecule has 1 aromatic carbocycles. The number of alkyl halides is 2. The number of nitrogens with zero attached hydrogens (tertiary/aromatic N) is 8. The predicted molar refractivity (Wildman–Crippen MR) is 144 cm³/mol. The lowest BCUT2D eigenvalue weighted by Gasteiger charge is -2.15. The molecular weight excluding hydrogens is 563 g/mol. The van der Waals surface area contributed by atoms with Gasteiger partial charge in [-0.25, -0.2) is 32.9 Å². The number of halogens is 4. The van der Waals surface area contributed by atoms with Crippen molar-refractivity contribution in [2.24, 2.45) is 0 Å². The van der Waals surface area contributed by atoms with Gasteiger partial charge in [-0.15, -0.1) is 0 Å². The Hall–Kier alpha value is -4.59. The minimum absolute atomic E-state index is 0.165. The van der Waals surface area contributed by atoms with Crippen molar-refractivity contribution in [3.8, 4) is 11.3 Å². The highest BCUT2D eigenvalue weighted by atomic mass is 35.5. The van der Waals surface area contributed by atoms with Gasteiger partial charge in [0.2, 0.25) is 5.95 Å². The zero-order valence-electron chi connectivity index (χ0n) is 22.1. The number of hydrogen-bond acceptors (Lipinski definition) is 7. The first kappa shape index (κ1) is 28.0. The largest absolute Gasteiger partial charge is 0.326 e. The molecule has 0 spiro atoms. The monoisotopic (exact) mass is 585 g/mol. The van der Waals surface area contributed by atoms with Crippen LogP contribution in [0.2, 0.25) is 5.02 Å². The molecule has 0 aliphatic carbocycles. The molecule has 0 saturated carbocycles. The number of carbonyl (C=O) groups excluding carboxylic acids is 2. The average molecular weight is 586 g/mol. The molecule has 0 radical (unpaired) electrons. The third kappa shape index (κ3) is 5.55. The summed E-state index contributed by atoms with van der Waals surface area (Å²) >= 11 is 5.82. The Bertz CT molecular complexity index is 1660. The van der Waals surface area contributed by atoms with E-state index in [1.165, 1.54) is 18.0 Å². The summed E-state index contributed by atoms with van der Waals surface area (Å²) in [5.74, 6) is -1.45. The van der Waals surface area contributed by atoms with Crippen LogP contribution in [-0.4, -0.2) is 66.7 Å². The molecule has 4 aromatic rings. The fourth-order valence-electron chi connectivity index (χ4n) is 4.27. The molecule has 1 saturated heterocycles. The maximum atomic E-state index is 14.8. The number of amides is 3. The summed E-state index contributed by atoms with van der Waals surface area (Å²) in [5, 5.41) is 6.53. The first-order valence-corrected chi connectivity index (χ1v) is 12.7. The van der Waals surface area contributed by atoms with Gasteiger partial charge in [-0.3, -0.25) is 19.4 Å². The van der Waals surface area contributed by atoms with E-state index in [1.807, 2.05) is 0 Å². The lowest BCUT2D eigenvalue weighted by atomic mass is 10.0. The Morgan fingerprint density at radius 1 is 1.10 bits per heavy atom. The van der Waals surface area contributed by atoms with E-state index in [9.17, 15) is 22.8 Å². The van der Waals surface area contributed by atoms with E-state index in [0.717, 1.165) is 23.9 Å². The van der Waals surface area contributed by atoms with Crippen LogP contribution in [0.25, 0.3) is 11.3 Å². The van der Waals surface area contributed by atoms with E-state index in [0.29, 0.717) is 30.4 Å². The fraction of sp³-hybridized carbons (Fsp3) is 0.269. The van der Waals surface area contributed by atoms with Crippen LogP contribution in [0.5, 0.6) is 0 Å². The van der Waals surface area contributed by atoms with Crippen LogP contribution < -0.4 is 10.2 Å². The fourth-order valence-corrected chi connectivity index (χ4v) is 4.43. The zero-order valence-corrected chi connectivity index (χ0v) is 22.8. The molecule has 212 valence electrons. The summed E-state index contributed by atoms with van der Waals surface area (Å²) in [6.45, 7) is 4.69. The molecule has 15 heteroatoms. The molecule has 41 heavy (non-hydrogen) atoms. The molecule has 1 aliphatic heterocycles. The highest BCUT2D eigenvalue weighted by Crippen LogP contribution is 2.35. The van der Waals surface area contributed by atoms with Gasteiger partial charge in [-0.05, 0) is 19.9 Å².